The molecule has 0 bridgehead atoms. The van der Waals surface area contributed by atoms with Crippen molar-refractivity contribution in [3.05, 3.63) is 24.3 Å². The molecule has 2 saturated heterocycles. The minimum Gasteiger partial charge on any atom is -0.326 e. The summed E-state index contributed by atoms with van der Waals surface area (Å²) in [6.07, 6.45) is 6.63. The number of hydrogen-bond donors (Lipinski definition) is 3. The molecule has 1 aromatic rings. The highest BCUT2D eigenvalue weighted by Crippen LogP contribution is 2.20. The van der Waals surface area contributed by atoms with Crippen molar-refractivity contribution in [2.75, 3.05) is 36.8 Å². The molecular formula is C21H33ClN4O2. The number of likely N-dealkylation sites (tertiary alicyclic amines) is 1. The Balaban J connectivity index is 0.00000280. The molecule has 0 saturated carbocycles. The number of halogens is 1. The van der Waals surface area contributed by atoms with Crippen LogP contribution in [0.25, 0.3) is 0 Å². The topological polar surface area (TPSA) is 73.5 Å². The number of anilines is 2. The first kappa shape index (κ1) is 22.7. The van der Waals surface area contributed by atoms with Gasteiger partial charge in [-0.3, -0.25) is 14.5 Å². The second-order valence-corrected chi connectivity index (χ2v) is 7.88. The molecular weight excluding hydrogens is 376 g/mol. The van der Waals surface area contributed by atoms with Crippen molar-refractivity contribution in [1.29, 1.82) is 0 Å². The van der Waals surface area contributed by atoms with E-state index in [2.05, 4.69) is 27.8 Å². The van der Waals surface area contributed by atoms with Crippen LogP contribution >= 0.6 is 12.4 Å². The maximum absolute atomic E-state index is 12.4. The molecule has 28 heavy (non-hydrogen) atoms. The zero-order valence-electron chi connectivity index (χ0n) is 16.7. The van der Waals surface area contributed by atoms with Gasteiger partial charge in [0.2, 0.25) is 11.8 Å². The maximum Gasteiger partial charge on any atom is 0.238 e. The molecule has 0 unspecified atom stereocenters. The Bertz CT molecular complexity index is 630. The van der Waals surface area contributed by atoms with Crippen LogP contribution in [0, 0.1) is 5.92 Å². The Kier molecular flexibility index (Phi) is 9.22. The van der Waals surface area contributed by atoms with E-state index in [0.717, 1.165) is 43.9 Å². The first-order chi connectivity index (χ1) is 13.1. The van der Waals surface area contributed by atoms with Crippen LogP contribution in [0.2, 0.25) is 0 Å². The maximum atomic E-state index is 12.4. The molecule has 2 aliphatic heterocycles. The number of benzene rings is 1. The monoisotopic (exact) mass is 408 g/mol. The number of carbonyl (C=O) groups is 2. The summed E-state index contributed by atoms with van der Waals surface area (Å²) >= 11 is 0. The summed E-state index contributed by atoms with van der Waals surface area (Å²) in [7, 11) is 0. The smallest absolute Gasteiger partial charge is 0.238 e. The van der Waals surface area contributed by atoms with Crippen molar-refractivity contribution in [2.45, 2.75) is 51.5 Å². The Morgan fingerprint density at radius 3 is 2.25 bits per heavy atom. The highest BCUT2D eigenvalue weighted by molar-refractivity contribution is 5.94. The van der Waals surface area contributed by atoms with Gasteiger partial charge in [-0.1, -0.05) is 12.8 Å². The van der Waals surface area contributed by atoms with Gasteiger partial charge in [0, 0.05) is 23.3 Å². The SMILES string of the molecule is C[C@H]1C[C@@H](C(=O)Nc2ccc(NC(=O)CN3CCCCCC3)cc2)CCN1.Cl. The molecule has 0 spiro atoms. The Hall–Kier alpha value is -1.63. The molecule has 1 aromatic carbocycles. The lowest BCUT2D eigenvalue weighted by Crippen LogP contribution is -2.40. The van der Waals surface area contributed by atoms with E-state index in [0.29, 0.717) is 12.6 Å². The van der Waals surface area contributed by atoms with Gasteiger partial charge in [0.15, 0.2) is 0 Å². The fraction of sp³-hybridized carbons (Fsp3) is 0.619. The van der Waals surface area contributed by atoms with E-state index in [1.165, 1.54) is 25.7 Å². The van der Waals surface area contributed by atoms with E-state index in [4.69, 9.17) is 0 Å². The van der Waals surface area contributed by atoms with Crippen LogP contribution in [-0.2, 0) is 9.59 Å². The number of nitrogens with one attached hydrogen (secondary N) is 3. The van der Waals surface area contributed by atoms with E-state index < -0.39 is 0 Å². The van der Waals surface area contributed by atoms with Gasteiger partial charge in [-0.15, -0.1) is 12.4 Å². The fourth-order valence-electron chi connectivity index (χ4n) is 3.95. The average molecular weight is 409 g/mol. The lowest BCUT2D eigenvalue weighted by atomic mass is 9.92. The highest BCUT2D eigenvalue weighted by atomic mass is 35.5. The van der Waals surface area contributed by atoms with Crippen molar-refractivity contribution in [3.63, 3.8) is 0 Å². The zero-order valence-corrected chi connectivity index (χ0v) is 17.5. The second-order valence-electron chi connectivity index (χ2n) is 7.88. The van der Waals surface area contributed by atoms with Gasteiger partial charge in [0.05, 0.1) is 6.54 Å². The Morgan fingerprint density at radius 2 is 1.64 bits per heavy atom. The van der Waals surface area contributed by atoms with Crippen molar-refractivity contribution < 1.29 is 9.59 Å². The molecule has 6 nitrogen and oxygen atoms in total. The van der Waals surface area contributed by atoms with Crippen LogP contribution in [0.4, 0.5) is 11.4 Å². The summed E-state index contributed by atoms with van der Waals surface area (Å²) in [6.45, 7) is 5.47. The summed E-state index contributed by atoms with van der Waals surface area (Å²) in [5.74, 6) is 0.174. The van der Waals surface area contributed by atoms with E-state index in [1.54, 1.807) is 0 Å². The number of amides is 2. The third kappa shape index (κ3) is 7.08. The van der Waals surface area contributed by atoms with Crippen molar-refractivity contribution in [1.82, 2.24) is 10.2 Å². The molecule has 2 heterocycles. The van der Waals surface area contributed by atoms with Gasteiger partial charge in [0.25, 0.3) is 0 Å². The first-order valence-electron chi connectivity index (χ1n) is 10.3. The first-order valence-corrected chi connectivity index (χ1v) is 10.3. The molecule has 0 aliphatic carbocycles. The van der Waals surface area contributed by atoms with E-state index >= 15 is 0 Å². The van der Waals surface area contributed by atoms with Crippen LogP contribution in [0.1, 0.15) is 45.4 Å². The summed E-state index contributed by atoms with van der Waals surface area (Å²) in [4.78, 5) is 26.9. The van der Waals surface area contributed by atoms with Crippen molar-refractivity contribution in [2.24, 2.45) is 5.92 Å². The van der Waals surface area contributed by atoms with Gasteiger partial charge in [-0.2, -0.15) is 0 Å². The molecule has 3 rings (SSSR count). The lowest BCUT2D eigenvalue weighted by molar-refractivity contribution is -0.121. The Morgan fingerprint density at radius 1 is 1.04 bits per heavy atom. The largest absolute Gasteiger partial charge is 0.326 e. The molecule has 2 fully saturated rings. The standard InChI is InChI=1S/C21H32N4O2.ClH/c1-16-14-17(10-11-22-16)21(27)24-19-8-6-18(7-9-19)23-20(26)15-25-12-4-2-3-5-13-25;/h6-9,16-17,22H,2-5,10-15H2,1H3,(H,23,26)(H,24,27);1H/t16-,17-;/m0./s1. The fourth-order valence-corrected chi connectivity index (χ4v) is 3.95. The predicted octanol–water partition coefficient (Wildman–Crippen LogP) is 3.25. The van der Waals surface area contributed by atoms with Gasteiger partial charge in [-0.05, 0) is 76.5 Å². The molecule has 156 valence electrons. The van der Waals surface area contributed by atoms with E-state index in [-0.39, 0.29) is 30.1 Å². The minimum atomic E-state index is 0. The highest BCUT2D eigenvalue weighted by Gasteiger charge is 2.24. The Labute approximate surface area is 174 Å². The van der Waals surface area contributed by atoms with Crippen LogP contribution in [0.5, 0.6) is 0 Å². The third-order valence-corrected chi connectivity index (χ3v) is 5.50. The molecule has 2 amide bonds. The van der Waals surface area contributed by atoms with Gasteiger partial charge >= 0.3 is 0 Å². The normalized spacial score (nSPS) is 23.2. The number of nitrogens with zero attached hydrogens (tertiary/aromatic N) is 1. The van der Waals surface area contributed by atoms with Gasteiger partial charge in [0.1, 0.15) is 0 Å². The summed E-state index contributed by atoms with van der Waals surface area (Å²) in [5.41, 5.74) is 1.54. The molecule has 3 N–H and O–H groups in total. The minimum absolute atomic E-state index is 0. The van der Waals surface area contributed by atoms with Gasteiger partial charge < -0.3 is 16.0 Å². The molecule has 2 aliphatic rings. The molecule has 0 radical (unpaired) electrons. The number of rotatable bonds is 5. The average Bonchev–Trinajstić information content (AvgIpc) is 2.92. The number of hydrogen-bond acceptors (Lipinski definition) is 4. The number of piperidine rings is 1. The van der Waals surface area contributed by atoms with E-state index in [1.807, 2.05) is 24.3 Å². The quantitative estimate of drug-likeness (QED) is 0.699. The summed E-state index contributed by atoms with van der Waals surface area (Å²) in [5, 5.41) is 9.32. The lowest BCUT2D eigenvalue weighted by Gasteiger charge is -2.27. The summed E-state index contributed by atoms with van der Waals surface area (Å²) in [6, 6.07) is 7.78. The van der Waals surface area contributed by atoms with E-state index in [9.17, 15) is 9.59 Å². The van der Waals surface area contributed by atoms with Crippen molar-refractivity contribution in [3.8, 4) is 0 Å². The van der Waals surface area contributed by atoms with Crippen LogP contribution in [0.15, 0.2) is 24.3 Å². The second kappa shape index (κ2) is 11.4. The third-order valence-electron chi connectivity index (χ3n) is 5.50. The zero-order chi connectivity index (χ0) is 19.1. The molecule has 7 heteroatoms. The van der Waals surface area contributed by atoms with Gasteiger partial charge in [-0.25, -0.2) is 0 Å². The van der Waals surface area contributed by atoms with Crippen molar-refractivity contribution >= 4 is 35.6 Å². The summed E-state index contributed by atoms with van der Waals surface area (Å²) < 4.78 is 0. The van der Waals surface area contributed by atoms with Crippen LogP contribution < -0.4 is 16.0 Å². The van der Waals surface area contributed by atoms with Crippen LogP contribution in [-0.4, -0.2) is 48.9 Å². The predicted molar refractivity (Wildman–Crippen MR) is 116 cm³/mol. The van der Waals surface area contributed by atoms with Crippen LogP contribution in [0.3, 0.4) is 0 Å². The molecule has 0 aromatic heterocycles. The molecule has 2 atom stereocenters. The number of carbonyl (C=O) groups excluding carboxylic acids is 2.